The third kappa shape index (κ3) is 6.64. The molecule has 20 heavy (non-hydrogen) atoms. The molecule has 0 aliphatic rings. The van der Waals surface area contributed by atoms with E-state index in [1.807, 2.05) is 0 Å². The van der Waals surface area contributed by atoms with Crippen molar-refractivity contribution in [2.75, 3.05) is 13.2 Å². The molecule has 2 N–H and O–H groups in total. The molecule has 0 saturated heterocycles. The van der Waals surface area contributed by atoms with Crippen LogP contribution in [0.5, 0.6) is 0 Å². The van der Waals surface area contributed by atoms with E-state index >= 15 is 0 Å². The molecule has 0 amide bonds. The van der Waals surface area contributed by atoms with Crippen LogP contribution in [-0.4, -0.2) is 37.6 Å². The molecule has 0 bridgehead atoms. The number of rotatable bonds is 7. The summed E-state index contributed by atoms with van der Waals surface area (Å²) in [6.07, 6.45) is -11.7. The molecule has 0 aromatic rings. The van der Waals surface area contributed by atoms with E-state index in [-0.39, 0.29) is 13.2 Å². The van der Waals surface area contributed by atoms with Crippen LogP contribution >= 0.6 is 0 Å². The highest BCUT2D eigenvalue weighted by Crippen LogP contribution is 2.41. The fourth-order valence-electron chi connectivity index (χ4n) is 1.18. The number of carbonyl (C=O) groups is 1. The molecule has 10 heteroatoms. The number of alkyl halides is 6. The van der Waals surface area contributed by atoms with Gasteiger partial charge < -0.3 is 15.2 Å². The minimum Gasteiger partial charge on any atom is -0.498 e. The Morgan fingerprint density at radius 1 is 1.15 bits per heavy atom. The molecule has 0 fully saturated rings. The van der Waals surface area contributed by atoms with Gasteiger partial charge in [0, 0.05) is 0 Å². The van der Waals surface area contributed by atoms with Crippen molar-refractivity contribution in [3.8, 4) is 0 Å². The molecule has 0 heterocycles. The van der Waals surface area contributed by atoms with Gasteiger partial charge in [-0.1, -0.05) is 6.58 Å². The minimum atomic E-state index is -5.54. The molecule has 0 aromatic carbocycles. The lowest BCUT2D eigenvalue weighted by atomic mass is 9.99. The normalized spacial score (nSPS) is 14.0. The number of carbonyl (C=O) groups excluding carboxylic acids is 1. The third-order valence-electron chi connectivity index (χ3n) is 2.15. The second kappa shape index (κ2) is 7.36. The van der Waals surface area contributed by atoms with E-state index in [0.29, 0.717) is 0 Å². The zero-order chi connectivity index (χ0) is 16.0. The van der Waals surface area contributed by atoms with Crippen molar-refractivity contribution >= 4 is 5.97 Å². The fraction of sp³-hybridized carbons (Fsp3) is 0.700. The highest BCUT2D eigenvalue weighted by molar-refractivity contribution is 5.75. The molecule has 118 valence electrons. The Morgan fingerprint density at radius 2 is 1.65 bits per heavy atom. The fourth-order valence-corrected chi connectivity index (χ4v) is 1.18. The molecule has 0 saturated carbocycles. The van der Waals surface area contributed by atoms with E-state index in [1.54, 1.807) is 0 Å². The summed E-state index contributed by atoms with van der Waals surface area (Å²) in [5.74, 6) is -5.04. The maximum Gasteiger partial charge on any atom is 0.400 e. The molecule has 0 aliphatic heterocycles. The summed E-state index contributed by atoms with van der Waals surface area (Å²) in [4.78, 5) is 11.1. The molecule has 0 aromatic heterocycles. The molecule has 1 atom stereocenters. The van der Waals surface area contributed by atoms with Crippen LogP contribution < -0.4 is 5.73 Å². The number of hydrogen-bond acceptors (Lipinski definition) is 4. The van der Waals surface area contributed by atoms with Gasteiger partial charge in [-0.3, -0.25) is 4.79 Å². The van der Waals surface area contributed by atoms with E-state index in [4.69, 9.17) is 5.73 Å². The van der Waals surface area contributed by atoms with Crippen molar-refractivity contribution in [3.05, 3.63) is 12.8 Å². The molecule has 1 unspecified atom stereocenters. The van der Waals surface area contributed by atoms with Crippen molar-refractivity contribution < 1.29 is 40.6 Å². The first-order valence-electron chi connectivity index (χ1n) is 5.28. The summed E-state index contributed by atoms with van der Waals surface area (Å²) < 4.78 is 82.3. The van der Waals surface area contributed by atoms with Crippen LogP contribution in [0, 0.1) is 5.92 Å². The zero-order valence-corrected chi connectivity index (χ0v) is 10.1. The first-order valence-corrected chi connectivity index (χ1v) is 5.28. The Bertz CT molecular complexity index is 314. The van der Waals surface area contributed by atoms with Crippen LogP contribution in [0.4, 0.5) is 26.3 Å². The smallest absolute Gasteiger partial charge is 0.400 e. The monoisotopic (exact) mass is 309 g/mol. The lowest BCUT2D eigenvalue weighted by molar-refractivity contribution is -0.286. The average Bonchev–Trinajstić information content (AvgIpc) is 2.28. The molecule has 4 nitrogen and oxygen atoms in total. The van der Waals surface area contributed by atoms with Gasteiger partial charge in [-0.2, -0.15) is 26.3 Å². The number of hydrogen-bond donors (Lipinski definition) is 1. The minimum absolute atomic E-state index is 0.135. The largest absolute Gasteiger partial charge is 0.498 e. The van der Waals surface area contributed by atoms with Crippen LogP contribution in [0.2, 0.25) is 0 Å². The van der Waals surface area contributed by atoms with Crippen molar-refractivity contribution in [2.45, 2.75) is 24.8 Å². The van der Waals surface area contributed by atoms with Gasteiger partial charge in [0.25, 0.3) is 0 Å². The summed E-state index contributed by atoms with van der Waals surface area (Å²) in [6.45, 7) is 2.67. The van der Waals surface area contributed by atoms with E-state index in [1.165, 1.54) is 0 Å². The molecule has 0 rings (SSSR count). The molecular weight excluding hydrogens is 296 g/mol. The quantitative estimate of drug-likeness (QED) is 0.339. The lowest BCUT2D eigenvalue weighted by Crippen LogP contribution is -2.44. The highest BCUT2D eigenvalue weighted by atomic mass is 19.4. The van der Waals surface area contributed by atoms with Crippen molar-refractivity contribution in [1.29, 1.82) is 0 Å². The summed E-state index contributed by atoms with van der Waals surface area (Å²) in [5.41, 5.74) is 4.99. The van der Waals surface area contributed by atoms with Gasteiger partial charge in [0.15, 0.2) is 5.92 Å². The standard InChI is InChI=1S/C10H13F6NO3/c1-2-19-3-4-20-8(18)6(17)5-7(9(11,12)13)10(14,15)16/h2,6-7H,1,3-5,17H2. The highest BCUT2D eigenvalue weighted by Gasteiger charge is 2.57. The van der Waals surface area contributed by atoms with Crippen LogP contribution in [-0.2, 0) is 14.3 Å². The third-order valence-corrected chi connectivity index (χ3v) is 2.15. The molecule has 0 aliphatic carbocycles. The lowest BCUT2D eigenvalue weighted by Gasteiger charge is -2.24. The van der Waals surface area contributed by atoms with Gasteiger partial charge in [0.1, 0.15) is 19.3 Å². The Morgan fingerprint density at radius 3 is 2.05 bits per heavy atom. The Hall–Kier alpha value is -1.45. The SMILES string of the molecule is C=COCCOC(=O)C(N)CC(C(F)(F)F)C(F)(F)F. The maximum absolute atomic E-state index is 12.2. The van der Waals surface area contributed by atoms with Crippen LogP contribution in [0.3, 0.4) is 0 Å². The van der Waals surface area contributed by atoms with Crippen LogP contribution in [0.25, 0.3) is 0 Å². The van der Waals surface area contributed by atoms with E-state index < -0.39 is 36.7 Å². The average molecular weight is 309 g/mol. The Balaban J connectivity index is 4.50. The van der Waals surface area contributed by atoms with Gasteiger partial charge in [0.2, 0.25) is 0 Å². The molecule has 0 radical (unpaired) electrons. The van der Waals surface area contributed by atoms with E-state index in [2.05, 4.69) is 16.1 Å². The van der Waals surface area contributed by atoms with Crippen LogP contribution in [0.1, 0.15) is 6.42 Å². The summed E-state index contributed by atoms with van der Waals surface area (Å²) in [5, 5.41) is 0. The van der Waals surface area contributed by atoms with Crippen molar-refractivity contribution in [1.82, 2.24) is 0 Å². The predicted molar refractivity (Wildman–Crippen MR) is 55.3 cm³/mol. The van der Waals surface area contributed by atoms with E-state index in [0.717, 1.165) is 6.26 Å². The van der Waals surface area contributed by atoms with Gasteiger partial charge >= 0.3 is 18.3 Å². The van der Waals surface area contributed by atoms with Gasteiger partial charge in [-0.05, 0) is 6.42 Å². The maximum atomic E-state index is 12.2. The topological polar surface area (TPSA) is 61.5 Å². The number of halogens is 6. The van der Waals surface area contributed by atoms with Crippen LogP contribution in [0.15, 0.2) is 12.8 Å². The second-order valence-corrected chi connectivity index (χ2v) is 3.68. The predicted octanol–water partition coefficient (Wildman–Crippen LogP) is 2.15. The zero-order valence-electron chi connectivity index (χ0n) is 10.1. The van der Waals surface area contributed by atoms with Crippen molar-refractivity contribution in [3.63, 3.8) is 0 Å². The number of esters is 1. The Labute approximate surface area is 110 Å². The molecular formula is C10H13F6NO3. The molecule has 0 spiro atoms. The number of ether oxygens (including phenoxy) is 2. The summed E-state index contributed by atoms with van der Waals surface area (Å²) >= 11 is 0. The number of nitrogens with two attached hydrogens (primary N) is 1. The first kappa shape index (κ1) is 18.6. The van der Waals surface area contributed by atoms with Gasteiger partial charge in [0.05, 0.1) is 6.26 Å². The van der Waals surface area contributed by atoms with Crippen molar-refractivity contribution in [2.24, 2.45) is 11.7 Å². The summed E-state index contributed by atoms with van der Waals surface area (Å²) in [6, 6.07) is -2.04. The van der Waals surface area contributed by atoms with Gasteiger partial charge in [-0.25, -0.2) is 0 Å². The van der Waals surface area contributed by atoms with Gasteiger partial charge in [-0.15, -0.1) is 0 Å². The first-order chi connectivity index (χ1) is 9.00. The Kier molecular flexibility index (Phi) is 6.83. The summed E-state index contributed by atoms with van der Waals surface area (Å²) in [7, 11) is 0. The van der Waals surface area contributed by atoms with E-state index in [9.17, 15) is 31.1 Å². The second-order valence-electron chi connectivity index (χ2n) is 3.68.